The second-order valence-corrected chi connectivity index (χ2v) is 4.48. The molecule has 2 nitrogen and oxygen atoms in total. The Morgan fingerprint density at radius 3 is 2.40 bits per heavy atom. The summed E-state index contributed by atoms with van der Waals surface area (Å²) in [5.41, 5.74) is 4.14. The third-order valence-corrected chi connectivity index (χ3v) is 2.58. The number of benzene rings is 1. The van der Waals surface area contributed by atoms with Gasteiger partial charge in [-0.15, -0.1) is 0 Å². The maximum atomic E-state index is 4.35. The molecule has 0 aliphatic heterocycles. The molecule has 0 fully saturated rings. The van der Waals surface area contributed by atoms with Crippen molar-refractivity contribution >= 4 is 15.9 Å². The summed E-state index contributed by atoms with van der Waals surface area (Å²) in [5, 5.41) is 0. The molecule has 0 bridgehead atoms. The molecule has 0 amide bonds. The molecule has 2 rings (SSSR count). The van der Waals surface area contributed by atoms with Gasteiger partial charge in [-0.2, -0.15) is 0 Å². The van der Waals surface area contributed by atoms with Gasteiger partial charge in [0.15, 0.2) is 0 Å². The van der Waals surface area contributed by atoms with Gasteiger partial charge in [0, 0.05) is 16.2 Å². The van der Waals surface area contributed by atoms with Crippen molar-refractivity contribution < 1.29 is 0 Å². The molecule has 1 aromatic carbocycles. The van der Waals surface area contributed by atoms with E-state index in [1.54, 1.807) is 12.4 Å². The van der Waals surface area contributed by atoms with E-state index < -0.39 is 0 Å². The number of rotatable bonds is 1. The standard InChI is InChI=1S/C12H11BrN2/c1-8-3-10(5-11(13)4-8)12-7-14-9(2)6-15-12/h3-7H,1-2H3. The normalized spacial score (nSPS) is 10.3. The summed E-state index contributed by atoms with van der Waals surface area (Å²) in [5.74, 6) is 0. The van der Waals surface area contributed by atoms with Crippen LogP contribution in [0.15, 0.2) is 35.1 Å². The van der Waals surface area contributed by atoms with Crippen LogP contribution in [0.3, 0.4) is 0 Å². The Balaban J connectivity index is 2.49. The number of hydrogen-bond donors (Lipinski definition) is 0. The Morgan fingerprint density at radius 1 is 1.00 bits per heavy atom. The van der Waals surface area contributed by atoms with Gasteiger partial charge in [0.1, 0.15) is 0 Å². The molecule has 0 unspecified atom stereocenters. The molecule has 0 N–H and O–H groups in total. The highest BCUT2D eigenvalue weighted by molar-refractivity contribution is 9.10. The Hall–Kier alpha value is -1.22. The van der Waals surface area contributed by atoms with Gasteiger partial charge < -0.3 is 0 Å². The van der Waals surface area contributed by atoms with Crippen LogP contribution in [-0.2, 0) is 0 Å². The minimum Gasteiger partial charge on any atom is -0.258 e. The van der Waals surface area contributed by atoms with E-state index in [1.165, 1.54) is 5.56 Å². The first-order chi connectivity index (χ1) is 7.15. The highest BCUT2D eigenvalue weighted by Crippen LogP contribution is 2.22. The largest absolute Gasteiger partial charge is 0.258 e. The van der Waals surface area contributed by atoms with E-state index in [4.69, 9.17) is 0 Å². The summed E-state index contributed by atoms with van der Waals surface area (Å²) in [6.07, 6.45) is 3.59. The molecule has 0 radical (unpaired) electrons. The highest BCUT2D eigenvalue weighted by atomic mass is 79.9. The van der Waals surface area contributed by atoms with Gasteiger partial charge in [-0.3, -0.25) is 9.97 Å². The zero-order valence-corrected chi connectivity index (χ0v) is 10.2. The van der Waals surface area contributed by atoms with Crippen LogP contribution < -0.4 is 0 Å². The molecular weight excluding hydrogens is 252 g/mol. The molecule has 15 heavy (non-hydrogen) atoms. The fourth-order valence-corrected chi connectivity index (χ4v) is 2.03. The first-order valence-electron chi connectivity index (χ1n) is 4.71. The highest BCUT2D eigenvalue weighted by Gasteiger charge is 2.01. The summed E-state index contributed by atoms with van der Waals surface area (Å²) in [4.78, 5) is 8.58. The van der Waals surface area contributed by atoms with E-state index in [-0.39, 0.29) is 0 Å². The fourth-order valence-electron chi connectivity index (χ4n) is 1.43. The number of halogens is 1. The maximum Gasteiger partial charge on any atom is 0.0885 e. The van der Waals surface area contributed by atoms with Gasteiger partial charge in [-0.25, -0.2) is 0 Å². The van der Waals surface area contributed by atoms with Crippen molar-refractivity contribution in [2.45, 2.75) is 13.8 Å². The summed E-state index contributed by atoms with van der Waals surface area (Å²) < 4.78 is 1.07. The van der Waals surface area contributed by atoms with Crippen molar-refractivity contribution in [2.75, 3.05) is 0 Å². The number of nitrogens with zero attached hydrogens (tertiary/aromatic N) is 2. The minimum absolute atomic E-state index is 0.907. The van der Waals surface area contributed by atoms with Crippen LogP contribution in [0, 0.1) is 13.8 Å². The third kappa shape index (κ3) is 2.42. The van der Waals surface area contributed by atoms with Crippen molar-refractivity contribution in [3.8, 4) is 11.3 Å². The molecule has 0 saturated carbocycles. The second kappa shape index (κ2) is 4.11. The first kappa shape index (κ1) is 10.3. The quantitative estimate of drug-likeness (QED) is 0.786. The van der Waals surface area contributed by atoms with Crippen LogP contribution in [0.4, 0.5) is 0 Å². The lowest BCUT2D eigenvalue weighted by Crippen LogP contribution is -1.88. The van der Waals surface area contributed by atoms with Crippen molar-refractivity contribution in [1.29, 1.82) is 0 Å². The van der Waals surface area contributed by atoms with E-state index in [1.807, 2.05) is 13.0 Å². The molecule has 0 atom stereocenters. The average molecular weight is 263 g/mol. The summed E-state index contributed by atoms with van der Waals surface area (Å²) in [6, 6.07) is 6.22. The van der Waals surface area contributed by atoms with Crippen molar-refractivity contribution in [2.24, 2.45) is 0 Å². The molecule has 0 saturated heterocycles. The van der Waals surface area contributed by atoms with Crippen molar-refractivity contribution in [1.82, 2.24) is 9.97 Å². The SMILES string of the molecule is Cc1cc(Br)cc(-c2cnc(C)cn2)c1. The summed E-state index contributed by atoms with van der Waals surface area (Å²) in [7, 11) is 0. The topological polar surface area (TPSA) is 25.8 Å². The lowest BCUT2D eigenvalue weighted by molar-refractivity contribution is 1.12. The molecule has 0 aliphatic rings. The fraction of sp³-hybridized carbons (Fsp3) is 0.167. The van der Waals surface area contributed by atoms with Gasteiger partial charge in [-0.1, -0.05) is 15.9 Å². The average Bonchev–Trinajstić information content (AvgIpc) is 2.17. The van der Waals surface area contributed by atoms with Gasteiger partial charge in [0.2, 0.25) is 0 Å². The molecule has 2 aromatic rings. The lowest BCUT2D eigenvalue weighted by atomic mass is 10.1. The number of hydrogen-bond acceptors (Lipinski definition) is 2. The van der Waals surface area contributed by atoms with Gasteiger partial charge in [0.05, 0.1) is 17.6 Å². The van der Waals surface area contributed by atoms with E-state index in [9.17, 15) is 0 Å². The molecule has 1 aromatic heterocycles. The lowest BCUT2D eigenvalue weighted by Gasteiger charge is -2.03. The zero-order valence-electron chi connectivity index (χ0n) is 8.66. The minimum atomic E-state index is 0.907. The Bertz CT molecular complexity index is 457. The Labute approximate surface area is 97.5 Å². The summed E-state index contributed by atoms with van der Waals surface area (Å²) in [6.45, 7) is 4.00. The van der Waals surface area contributed by atoms with E-state index in [0.29, 0.717) is 0 Å². The molecular formula is C12H11BrN2. The number of aromatic nitrogens is 2. The second-order valence-electron chi connectivity index (χ2n) is 3.56. The molecule has 3 heteroatoms. The predicted molar refractivity (Wildman–Crippen MR) is 64.6 cm³/mol. The smallest absolute Gasteiger partial charge is 0.0885 e. The van der Waals surface area contributed by atoms with Crippen molar-refractivity contribution in [3.63, 3.8) is 0 Å². The van der Waals surface area contributed by atoms with E-state index in [0.717, 1.165) is 21.4 Å². The maximum absolute atomic E-state index is 4.35. The van der Waals surface area contributed by atoms with Gasteiger partial charge in [0.25, 0.3) is 0 Å². The zero-order chi connectivity index (χ0) is 10.8. The van der Waals surface area contributed by atoms with Crippen LogP contribution in [0.5, 0.6) is 0 Å². The Morgan fingerprint density at radius 2 is 1.80 bits per heavy atom. The summed E-state index contributed by atoms with van der Waals surface area (Å²) >= 11 is 3.48. The van der Waals surface area contributed by atoms with E-state index in [2.05, 4.69) is 45.0 Å². The van der Waals surface area contributed by atoms with E-state index >= 15 is 0 Å². The van der Waals surface area contributed by atoms with Crippen LogP contribution in [0.1, 0.15) is 11.3 Å². The molecule has 1 heterocycles. The van der Waals surface area contributed by atoms with Gasteiger partial charge >= 0.3 is 0 Å². The predicted octanol–water partition coefficient (Wildman–Crippen LogP) is 3.52. The van der Waals surface area contributed by atoms with Crippen LogP contribution in [0.2, 0.25) is 0 Å². The molecule has 0 spiro atoms. The number of aryl methyl sites for hydroxylation is 2. The third-order valence-electron chi connectivity index (χ3n) is 2.12. The molecule has 0 aliphatic carbocycles. The van der Waals surface area contributed by atoms with Crippen LogP contribution in [0.25, 0.3) is 11.3 Å². The first-order valence-corrected chi connectivity index (χ1v) is 5.50. The monoisotopic (exact) mass is 262 g/mol. The van der Waals surface area contributed by atoms with Crippen molar-refractivity contribution in [3.05, 3.63) is 46.3 Å². The van der Waals surface area contributed by atoms with Crippen LogP contribution >= 0.6 is 15.9 Å². The molecule has 76 valence electrons. The van der Waals surface area contributed by atoms with Crippen LogP contribution in [-0.4, -0.2) is 9.97 Å². The van der Waals surface area contributed by atoms with Gasteiger partial charge in [-0.05, 0) is 37.6 Å². The Kier molecular flexibility index (Phi) is 2.82.